The van der Waals surface area contributed by atoms with Crippen molar-refractivity contribution >= 4 is 40.4 Å². The van der Waals surface area contributed by atoms with Gasteiger partial charge in [0.15, 0.2) is 0 Å². The van der Waals surface area contributed by atoms with Gasteiger partial charge in [-0.2, -0.15) is 0 Å². The van der Waals surface area contributed by atoms with E-state index in [1.54, 1.807) is 0 Å². The van der Waals surface area contributed by atoms with Crippen LogP contribution in [0.4, 0.5) is 0 Å². The van der Waals surface area contributed by atoms with Gasteiger partial charge in [0.1, 0.15) is 0 Å². The summed E-state index contributed by atoms with van der Waals surface area (Å²) < 4.78 is 19.7. The van der Waals surface area contributed by atoms with E-state index in [-0.39, 0.29) is 13.2 Å². The van der Waals surface area contributed by atoms with Crippen LogP contribution >= 0.6 is 40.4 Å². The van der Waals surface area contributed by atoms with Gasteiger partial charge in [-0.1, -0.05) is 0 Å². The summed E-state index contributed by atoms with van der Waals surface area (Å²) in [5.74, 6) is 0.946. The topological polar surface area (TPSA) is 77.4 Å². The summed E-state index contributed by atoms with van der Waals surface area (Å²) >= 11 is 10.9. The van der Waals surface area contributed by atoms with Gasteiger partial charge in [-0.25, -0.2) is 0 Å². The van der Waals surface area contributed by atoms with E-state index >= 15 is 0 Å². The molecule has 0 fully saturated rings. The maximum absolute atomic E-state index is 9.23. The lowest BCUT2D eigenvalue weighted by molar-refractivity contribution is 0.145. The Morgan fingerprint density at radius 1 is 0.667 bits per heavy atom. The fourth-order valence-corrected chi connectivity index (χ4v) is 2.10. The van der Waals surface area contributed by atoms with Crippen molar-refractivity contribution in [1.29, 1.82) is 0 Å². The van der Waals surface area contributed by atoms with Crippen LogP contribution in [0.5, 0.6) is 0 Å². The SMILES string of the molecule is OP(OCCCCl)OCCOP(O)OCCCCl. The second-order valence-corrected chi connectivity index (χ2v) is 5.63. The fourth-order valence-electron chi connectivity index (χ4n) is 0.700. The molecule has 10 heteroatoms. The van der Waals surface area contributed by atoms with E-state index in [2.05, 4.69) is 0 Å². The van der Waals surface area contributed by atoms with E-state index in [4.69, 9.17) is 41.3 Å². The number of hydrogen-bond donors (Lipinski definition) is 2. The van der Waals surface area contributed by atoms with Crippen LogP contribution in [0.25, 0.3) is 0 Å². The minimum atomic E-state index is -1.91. The van der Waals surface area contributed by atoms with Gasteiger partial charge in [0.25, 0.3) is 0 Å². The molecule has 6 nitrogen and oxygen atoms in total. The van der Waals surface area contributed by atoms with Gasteiger partial charge in [-0.15, -0.1) is 23.2 Å². The van der Waals surface area contributed by atoms with E-state index in [0.29, 0.717) is 37.8 Å². The Kier molecular flexibility index (Phi) is 15.6. The summed E-state index contributed by atoms with van der Waals surface area (Å²) in [5, 5.41) is 0. The molecule has 2 unspecified atom stereocenters. The summed E-state index contributed by atoms with van der Waals surface area (Å²) in [6.07, 6.45) is 1.30. The first-order valence-electron chi connectivity index (χ1n) is 5.32. The van der Waals surface area contributed by atoms with E-state index in [1.807, 2.05) is 0 Å². The molecule has 0 heterocycles. The van der Waals surface area contributed by atoms with Gasteiger partial charge in [-0.05, 0) is 12.8 Å². The van der Waals surface area contributed by atoms with Crippen molar-refractivity contribution in [2.75, 3.05) is 38.2 Å². The average Bonchev–Trinajstić information content (AvgIpc) is 2.35. The first-order valence-corrected chi connectivity index (χ1v) is 8.65. The quantitative estimate of drug-likeness (QED) is 0.304. The molecule has 2 atom stereocenters. The fraction of sp³-hybridized carbons (Fsp3) is 1.00. The molecule has 0 amide bonds. The zero-order valence-electron chi connectivity index (χ0n) is 9.83. The zero-order chi connectivity index (χ0) is 13.6. The molecule has 0 spiro atoms. The molecule has 0 rings (SSSR count). The van der Waals surface area contributed by atoms with Gasteiger partial charge in [0.2, 0.25) is 0 Å². The lowest BCUT2D eigenvalue weighted by atomic mass is 10.5. The third-order valence-corrected chi connectivity index (χ3v) is 3.59. The Bertz CT molecular complexity index is 164. The molecule has 0 aromatic heterocycles. The van der Waals surface area contributed by atoms with Gasteiger partial charge in [0, 0.05) is 11.8 Å². The zero-order valence-corrected chi connectivity index (χ0v) is 13.1. The molecule has 0 saturated carbocycles. The number of alkyl halides is 2. The van der Waals surface area contributed by atoms with Crippen LogP contribution in [0.1, 0.15) is 12.8 Å². The number of hydrogen-bond acceptors (Lipinski definition) is 6. The molecule has 18 heavy (non-hydrogen) atoms. The average molecular weight is 343 g/mol. The predicted molar refractivity (Wildman–Crippen MR) is 72.8 cm³/mol. The molecule has 2 N–H and O–H groups in total. The molecule has 0 aliphatic rings. The Labute approximate surface area is 119 Å². The summed E-state index contributed by atoms with van der Waals surface area (Å²) in [5.41, 5.74) is 0. The summed E-state index contributed by atoms with van der Waals surface area (Å²) in [4.78, 5) is 18.5. The van der Waals surface area contributed by atoms with Crippen LogP contribution < -0.4 is 0 Å². The predicted octanol–water partition coefficient (Wildman–Crippen LogP) is 2.75. The van der Waals surface area contributed by atoms with E-state index in [0.717, 1.165) is 0 Å². The Morgan fingerprint density at radius 3 is 1.33 bits per heavy atom. The number of halogens is 2. The molecular formula is C8H18Cl2O6P2. The van der Waals surface area contributed by atoms with Gasteiger partial charge in [-0.3, -0.25) is 0 Å². The highest BCUT2D eigenvalue weighted by atomic mass is 35.5. The first-order chi connectivity index (χ1) is 8.70. The highest BCUT2D eigenvalue weighted by Gasteiger charge is 2.09. The van der Waals surface area contributed by atoms with Crippen molar-refractivity contribution in [3.63, 3.8) is 0 Å². The minimum absolute atomic E-state index is 0.112. The Morgan fingerprint density at radius 2 is 1.00 bits per heavy atom. The van der Waals surface area contributed by atoms with Crippen molar-refractivity contribution in [3.05, 3.63) is 0 Å². The summed E-state index contributed by atoms with van der Waals surface area (Å²) in [6, 6.07) is 0. The molecule has 0 aromatic rings. The smallest absolute Gasteiger partial charge is 0.328 e. The van der Waals surface area contributed by atoms with Crippen molar-refractivity contribution in [2.24, 2.45) is 0 Å². The largest absolute Gasteiger partial charge is 0.329 e. The summed E-state index contributed by atoms with van der Waals surface area (Å²) in [7, 11) is -3.82. The van der Waals surface area contributed by atoms with E-state index in [9.17, 15) is 9.79 Å². The van der Waals surface area contributed by atoms with Gasteiger partial charge < -0.3 is 27.9 Å². The summed E-state index contributed by atoms with van der Waals surface area (Å²) in [6.45, 7) is 0.921. The molecule has 0 saturated heterocycles. The second-order valence-electron chi connectivity index (χ2n) is 2.89. The Hall–Kier alpha value is 1.20. The highest BCUT2D eigenvalue weighted by Crippen LogP contribution is 2.35. The van der Waals surface area contributed by atoms with Crippen LogP contribution in [0.2, 0.25) is 0 Å². The van der Waals surface area contributed by atoms with Gasteiger partial charge >= 0.3 is 17.2 Å². The lowest BCUT2D eigenvalue weighted by Gasteiger charge is -2.12. The highest BCUT2D eigenvalue weighted by molar-refractivity contribution is 7.40. The van der Waals surface area contributed by atoms with Crippen LogP contribution in [-0.4, -0.2) is 48.0 Å². The van der Waals surface area contributed by atoms with Crippen LogP contribution in [0.15, 0.2) is 0 Å². The lowest BCUT2D eigenvalue weighted by Crippen LogP contribution is -2.02. The maximum Gasteiger partial charge on any atom is 0.329 e. The van der Waals surface area contributed by atoms with Gasteiger partial charge in [0.05, 0.1) is 26.4 Å². The normalized spacial score (nSPS) is 14.7. The third-order valence-electron chi connectivity index (χ3n) is 1.45. The maximum atomic E-state index is 9.23. The van der Waals surface area contributed by atoms with Crippen molar-refractivity contribution < 1.29 is 27.9 Å². The number of rotatable bonds is 13. The standard InChI is InChI=1S/C8H18Cl2O6P2/c9-3-1-5-13-17(11)15-7-8-16-18(12)14-6-2-4-10/h11-12H,1-8H2. The molecule has 0 aliphatic heterocycles. The van der Waals surface area contributed by atoms with Crippen LogP contribution in [0, 0.1) is 0 Å². The third kappa shape index (κ3) is 13.6. The monoisotopic (exact) mass is 342 g/mol. The van der Waals surface area contributed by atoms with E-state index < -0.39 is 17.2 Å². The Balaban J connectivity index is 3.27. The second kappa shape index (κ2) is 14.6. The first kappa shape index (κ1) is 19.2. The van der Waals surface area contributed by atoms with Crippen LogP contribution in [-0.2, 0) is 18.1 Å². The molecule has 0 aromatic carbocycles. The van der Waals surface area contributed by atoms with Crippen LogP contribution in [0.3, 0.4) is 0 Å². The molecule has 0 bridgehead atoms. The van der Waals surface area contributed by atoms with Crippen molar-refractivity contribution in [2.45, 2.75) is 12.8 Å². The van der Waals surface area contributed by atoms with Crippen molar-refractivity contribution in [3.8, 4) is 0 Å². The van der Waals surface area contributed by atoms with E-state index in [1.165, 1.54) is 0 Å². The minimum Gasteiger partial charge on any atom is -0.328 e. The van der Waals surface area contributed by atoms with Crippen molar-refractivity contribution in [1.82, 2.24) is 0 Å². The molecule has 110 valence electrons. The molecule has 0 radical (unpaired) electrons. The molecule has 0 aliphatic carbocycles. The molecular weight excluding hydrogens is 325 g/mol.